The van der Waals surface area contributed by atoms with Crippen molar-refractivity contribution in [2.75, 3.05) is 23.7 Å². The first-order valence-corrected chi connectivity index (χ1v) is 6.21. The van der Waals surface area contributed by atoms with Gasteiger partial charge in [0.15, 0.2) is 0 Å². The number of aromatic nitrogens is 1. The van der Waals surface area contributed by atoms with E-state index in [1.807, 2.05) is 36.9 Å². The van der Waals surface area contributed by atoms with Gasteiger partial charge in [-0.25, -0.2) is 0 Å². The van der Waals surface area contributed by atoms with Gasteiger partial charge < -0.3 is 16.4 Å². The van der Waals surface area contributed by atoms with Crippen LogP contribution in [0.1, 0.15) is 12.6 Å². The molecule has 1 aromatic carbocycles. The number of nitrogen functional groups attached to an aromatic ring is 1. The van der Waals surface area contributed by atoms with E-state index in [4.69, 9.17) is 11.5 Å². The summed E-state index contributed by atoms with van der Waals surface area (Å²) in [4.78, 5) is 17.4. The SMILES string of the molecule is CCN(CC(N)=O)c1ccc(N)c2cnc(C)cc12. The molecule has 4 N–H and O–H groups in total. The Labute approximate surface area is 112 Å². The highest BCUT2D eigenvalue weighted by Gasteiger charge is 2.12. The zero-order chi connectivity index (χ0) is 14.0. The number of rotatable bonds is 4. The monoisotopic (exact) mass is 258 g/mol. The lowest BCUT2D eigenvalue weighted by atomic mass is 10.1. The van der Waals surface area contributed by atoms with E-state index in [1.165, 1.54) is 0 Å². The van der Waals surface area contributed by atoms with Crippen LogP contribution in [0.3, 0.4) is 0 Å². The van der Waals surface area contributed by atoms with Crippen molar-refractivity contribution >= 4 is 28.1 Å². The van der Waals surface area contributed by atoms with Crippen molar-refractivity contribution in [2.45, 2.75) is 13.8 Å². The van der Waals surface area contributed by atoms with Crippen LogP contribution < -0.4 is 16.4 Å². The summed E-state index contributed by atoms with van der Waals surface area (Å²) in [6, 6.07) is 5.73. The molecule has 5 heteroatoms. The second-order valence-electron chi connectivity index (χ2n) is 4.53. The highest BCUT2D eigenvalue weighted by Crippen LogP contribution is 2.30. The van der Waals surface area contributed by atoms with Crippen LogP contribution in [-0.2, 0) is 4.79 Å². The fourth-order valence-corrected chi connectivity index (χ4v) is 2.18. The first-order valence-electron chi connectivity index (χ1n) is 6.21. The molecule has 0 fully saturated rings. The quantitative estimate of drug-likeness (QED) is 0.812. The van der Waals surface area contributed by atoms with E-state index in [1.54, 1.807) is 6.20 Å². The molecule has 100 valence electrons. The van der Waals surface area contributed by atoms with Gasteiger partial charge in [0.1, 0.15) is 0 Å². The number of aryl methyl sites for hydroxylation is 1. The maximum absolute atomic E-state index is 11.2. The molecule has 0 radical (unpaired) electrons. The molecule has 19 heavy (non-hydrogen) atoms. The fourth-order valence-electron chi connectivity index (χ4n) is 2.18. The summed E-state index contributed by atoms with van der Waals surface area (Å²) in [7, 11) is 0. The van der Waals surface area contributed by atoms with Crippen molar-refractivity contribution in [3.8, 4) is 0 Å². The molecule has 2 aromatic rings. The van der Waals surface area contributed by atoms with Crippen LogP contribution in [0.5, 0.6) is 0 Å². The first kappa shape index (κ1) is 13.1. The number of pyridine rings is 1. The zero-order valence-corrected chi connectivity index (χ0v) is 11.2. The third-order valence-corrected chi connectivity index (χ3v) is 3.12. The van der Waals surface area contributed by atoms with Gasteiger partial charge in [-0.3, -0.25) is 9.78 Å². The van der Waals surface area contributed by atoms with E-state index < -0.39 is 0 Å². The molecule has 0 aliphatic heterocycles. The van der Waals surface area contributed by atoms with Gasteiger partial charge in [0.2, 0.25) is 5.91 Å². The summed E-state index contributed by atoms with van der Waals surface area (Å²) >= 11 is 0. The molecule has 0 saturated carbocycles. The molecule has 2 rings (SSSR count). The minimum absolute atomic E-state index is 0.191. The Hall–Kier alpha value is -2.30. The number of benzene rings is 1. The fraction of sp³-hybridized carbons (Fsp3) is 0.286. The minimum Gasteiger partial charge on any atom is -0.398 e. The van der Waals surface area contributed by atoms with Gasteiger partial charge in [-0.15, -0.1) is 0 Å². The van der Waals surface area contributed by atoms with Crippen LogP contribution in [0, 0.1) is 6.92 Å². The van der Waals surface area contributed by atoms with E-state index in [9.17, 15) is 4.79 Å². The standard InChI is InChI=1S/C14H18N4O/c1-3-18(8-14(16)19)13-5-4-12(15)11-7-17-9(2)6-10(11)13/h4-7H,3,8,15H2,1-2H3,(H2,16,19). The molecule has 1 amide bonds. The van der Waals surface area contributed by atoms with Gasteiger partial charge in [-0.1, -0.05) is 0 Å². The summed E-state index contributed by atoms with van der Waals surface area (Å²) in [6.07, 6.45) is 1.77. The van der Waals surface area contributed by atoms with Crippen molar-refractivity contribution in [2.24, 2.45) is 5.73 Å². The van der Waals surface area contributed by atoms with E-state index in [0.29, 0.717) is 12.2 Å². The van der Waals surface area contributed by atoms with Crippen molar-refractivity contribution in [3.05, 3.63) is 30.1 Å². The third-order valence-electron chi connectivity index (χ3n) is 3.12. The van der Waals surface area contributed by atoms with Gasteiger partial charge in [-0.05, 0) is 32.0 Å². The number of anilines is 2. The maximum Gasteiger partial charge on any atom is 0.236 e. The Morgan fingerprint density at radius 1 is 1.37 bits per heavy atom. The Morgan fingerprint density at radius 3 is 2.74 bits per heavy atom. The molecule has 0 aliphatic rings. The van der Waals surface area contributed by atoms with E-state index in [0.717, 1.165) is 22.2 Å². The molecule has 0 unspecified atom stereocenters. The Kier molecular flexibility index (Phi) is 3.55. The number of carbonyl (C=O) groups is 1. The van der Waals surface area contributed by atoms with Crippen molar-refractivity contribution < 1.29 is 4.79 Å². The summed E-state index contributed by atoms with van der Waals surface area (Å²) in [5.41, 5.74) is 13.8. The predicted molar refractivity (Wildman–Crippen MR) is 78.0 cm³/mol. The number of carbonyl (C=O) groups excluding carboxylic acids is 1. The van der Waals surface area contributed by atoms with Crippen LogP contribution in [0.2, 0.25) is 0 Å². The van der Waals surface area contributed by atoms with Crippen LogP contribution >= 0.6 is 0 Å². The lowest BCUT2D eigenvalue weighted by Gasteiger charge is -2.23. The van der Waals surface area contributed by atoms with Gasteiger partial charge in [-0.2, -0.15) is 0 Å². The molecule has 0 saturated heterocycles. The van der Waals surface area contributed by atoms with Crippen LogP contribution in [0.4, 0.5) is 11.4 Å². The number of nitrogens with zero attached hydrogens (tertiary/aromatic N) is 2. The average molecular weight is 258 g/mol. The molecule has 1 aromatic heterocycles. The number of amides is 1. The van der Waals surface area contributed by atoms with Crippen LogP contribution in [-0.4, -0.2) is 24.0 Å². The van der Waals surface area contributed by atoms with Gasteiger partial charge in [0.05, 0.1) is 6.54 Å². The Balaban J connectivity index is 2.62. The van der Waals surface area contributed by atoms with Gasteiger partial charge in [0, 0.05) is 40.6 Å². The normalized spacial score (nSPS) is 10.6. The Bertz CT molecular complexity index is 624. The lowest BCUT2D eigenvalue weighted by Crippen LogP contribution is -2.33. The molecular formula is C14H18N4O. The number of hydrogen-bond donors (Lipinski definition) is 2. The highest BCUT2D eigenvalue weighted by atomic mass is 16.1. The zero-order valence-electron chi connectivity index (χ0n) is 11.2. The van der Waals surface area contributed by atoms with E-state index in [2.05, 4.69) is 4.98 Å². The molecule has 0 aliphatic carbocycles. The number of nitrogens with two attached hydrogens (primary N) is 2. The van der Waals surface area contributed by atoms with E-state index >= 15 is 0 Å². The Morgan fingerprint density at radius 2 is 2.11 bits per heavy atom. The number of likely N-dealkylation sites (N-methyl/N-ethyl adjacent to an activating group) is 1. The minimum atomic E-state index is -0.349. The molecule has 5 nitrogen and oxygen atoms in total. The van der Waals surface area contributed by atoms with Crippen molar-refractivity contribution in [3.63, 3.8) is 0 Å². The molecular weight excluding hydrogens is 240 g/mol. The smallest absolute Gasteiger partial charge is 0.236 e. The largest absolute Gasteiger partial charge is 0.398 e. The van der Waals surface area contributed by atoms with Gasteiger partial charge in [0.25, 0.3) is 0 Å². The third kappa shape index (κ3) is 2.59. The van der Waals surface area contributed by atoms with Crippen LogP contribution in [0.15, 0.2) is 24.4 Å². The highest BCUT2D eigenvalue weighted by molar-refractivity contribution is 6.01. The number of hydrogen-bond acceptors (Lipinski definition) is 4. The maximum atomic E-state index is 11.2. The molecule has 0 spiro atoms. The summed E-state index contributed by atoms with van der Waals surface area (Å²) in [5, 5.41) is 1.89. The van der Waals surface area contributed by atoms with E-state index in [-0.39, 0.29) is 12.5 Å². The summed E-state index contributed by atoms with van der Waals surface area (Å²) in [6.45, 7) is 4.80. The molecule has 1 heterocycles. The number of fused-ring (bicyclic) bond motifs is 1. The molecule has 0 atom stereocenters. The second kappa shape index (κ2) is 5.14. The topological polar surface area (TPSA) is 85.2 Å². The summed E-state index contributed by atoms with van der Waals surface area (Å²) in [5.74, 6) is -0.349. The predicted octanol–water partition coefficient (Wildman–Crippen LogP) is 1.44. The second-order valence-corrected chi connectivity index (χ2v) is 4.53. The lowest BCUT2D eigenvalue weighted by molar-refractivity contribution is -0.116. The van der Waals surface area contributed by atoms with Gasteiger partial charge >= 0.3 is 0 Å². The van der Waals surface area contributed by atoms with Crippen LogP contribution in [0.25, 0.3) is 10.8 Å². The summed E-state index contributed by atoms with van der Waals surface area (Å²) < 4.78 is 0. The first-order chi connectivity index (χ1) is 9.02. The number of primary amides is 1. The van der Waals surface area contributed by atoms with Crippen molar-refractivity contribution in [1.82, 2.24) is 4.98 Å². The van der Waals surface area contributed by atoms with Crippen molar-refractivity contribution in [1.29, 1.82) is 0 Å². The molecule has 0 bridgehead atoms. The average Bonchev–Trinajstić information content (AvgIpc) is 2.36.